The fraction of sp³-hybridized carbons (Fsp3) is 0.667. The fourth-order valence-electron chi connectivity index (χ4n) is 1.34. The summed E-state index contributed by atoms with van der Waals surface area (Å²) in [5, 5.41) is 6.16. The number of rotatable bonds is 4. The zero-order valence-electron chi connectivity index (χ0n) is 9.32. The van der Waals surface area contributed by atoms with Crippen molar-refractivity contribution in [3.8, 4) is 0 Å². The molecule has 0 aliphatic rings. The van der Waals surface area contributed by atoms with Crippen LogP contribution in [0.4, 0.5) is 5.95 Å². The van der Waals surface area contributed by atoms with Crippen LogP contribution in [0, 0.1) is 0 Å². The van der Waals surface area contributed by atoms with E-state index in [0.717, 1.165) is 6.42 Å². The van der Waals surface area contributed by atoms with Gasteiger partial charge in [0.15, 0.2) is 0 Å². The molecule has 0 aliphatic carbocycles. The number of nitrogens with zero attached hydrogens (tertiary/aromatic N) is 3. The van der Waals surface area contributed by atoms with Crippen molar-refractivity contribution in [1.29, 1.82) is 0 Å². The Morgan fingerprint density at radius 3 is 2.67 bits per heavy atom. The molecule has 0 unspecified atom stereocenters. The van der Waals surface area contributed by atoms with Gasteiger partial charge in [0.1, 0.15) is 0 Å². The highest BCUT2D eigenvalue weighted by Gasteiger charge is 2.20. The third kappa shape index (κ3) is 2.68. The molecule has 0 saturated carbocycles. The molecule has 0 saturated heterocycles. The molecule has 1 aromatic heterocycles. The van der Waals surface area contributed by atoms with Crippen molar-refractivity contribution in [2.24, 2.45) is 0 Å². The van der Waals surface area contributed by atoms with Crippen LogP contribution in [0.3, 0.4) is 0 Å². The number of carbonyl (C=O) groups is 1. The van der Waals surface area contributed by atoms with E-state index in [1.54, 1.807) is 4.90 Å². The van der Waals surface area contributed by atoms with E-state index in [4.69, 9.17) is 5.73 Å². The molecule has 3 N–H and O–H groups in total. The van der Waals surface area contributed by atoms with Gasteiger partial charge in [-0.15, -0.1) is 5.10 Å². The van der Waals surface area contributed by atoms with Crippen molar-refractivity contribution < 1.29 is 4.79 Å². The van der Waals surface area contributed by atoms with Gasteiger partial charge in [0.25, 0.3) is 5.91 Å². The number of aromatic nitrogens is 3. The molecule has 84 valence electrons. The quantitative estimate of drug-likeness (QED) is 0.765. The van der Waals surface area contributed by atoms with E-state index in [2.05, 4.69) is 15.2 Å². The second-order valence-corrected chi connectivity index (χ2v) is 3.63. The number of H-pyrrole nitrogens is 1. The summed E-state index contributed by atoms with van der Waals surface area (Å²) in [6, 6.07) is 0.142. The number of nitrogen functional groups attached to an aromatic ring is 1. The van der Waals surface area contributed by atoms with Gasteiger partial charge < -0.3 is 10.6 Å². The summed E-state index contributed by atoms with van der Waals surface area (Å²) in [5.41, 5.74) is 5.34. The van der Waals surface area contributed by atoms with Crippen molar-refractivity contribution >= 4 is 11.9 Å². The number of aromatic amines is 1. The lowest BCUT2D eigenvalue weighted by Gasteiger charge is -2.24. The van der Waals surface area contributed by atoms with Crippen molar-refractivity contribution in [2.75, 3.05) is 12.3 Å². The predicted octanol–water partition coefficient (Wildman–Crippen LogP) is 0.647. The molecule has 0 aliphatic heterocycles. The molecule has 0 spiro atoms. The molecule has 0 atom stereocenters. The zero-order chi connectivity index (χ0) is 11.4. The smallest absolute Gasteiger partial charge is 0.291 e. The lowest BCUT2D eigenvalue weighted by molar-refractivity contribution is 0.0694. The average molecular weight is 211 g/mol. The predicted molar refractivity (Wildman–Crippen MR) is 57.3 cm³/mol. The summed E-state index contributed by atoms with van der Waals surface area (Å²) in [7, 11) is 0. The molecule has 0 fully saturated rings. The Kier molecular flexibility index (Phi) is 3.65. The maximum absolute atomic E-state index is 11.9. The minimum absolute atomic E-state index is 0.0959. The van der Waals surface area contributed by atoms with E-state index in [-0.39, 0.29) is 23.7 Å². The first-order valence-electron chi connectivity index (χ1n) is 5.05. The summed E-state index contributed by atoms with van der Waals surface area (Å²) in [4.78, 5) is 17.5. The molecule has 1 aromatic rings. The van der Waals surface area contributed by atoms with Gasteiger partial charge >= 0.3 is 0 Å². The Morgan fingerprint density at radius 2 is 2.27 bits per heavy atom. The van der Waals surface area contributed by atoms with Crippen molar-refractivity contribution in [2.45, 2.75) is 33.2 Å². The Morgan fingerprint density at radius 1 is 1.60 bits per heavy atom. The second kappa shape index (κ2) is 4.77. The number of anilines is 1. The second-order valence-electron chi connectivity index (χ2n) is 3.63. The van der Waals surface area contributed by atoms with Crippen LogP contribution in [0.15, 0.2) is 0 Å². The van der Waals surface area contributed by atoms with Crippen LogP contribution in [-0.2, 0) is 0 Å². The van der Waals surface area contributed by atoms with Gasteiger partial charge in [-0.2, -0.15) is 4.98 Å². The molecule has 1 rings (SSSR count). The van der Waals surface area contributed by atoms with E-state index in [1.807, 2.05) is 20.8 Å². The van der Waals surface area contributed by atoms with Crippen molar-refractivity contribution in [3.05, 3.63) is 5.82 Å². The van der Waals surface area contributed by atoms with Gasteiger partial charge in [0.05, 0.1) is 0 Å². The molecule has 0 radical (unpaired) electrons. The van der Waals surface area contributed by atoms with E-state index >= 15 is 0 Å². The minimum Gasteiger partial charge on any atom is -0.366 e. The first kappa shape index (κ1) is 11.5. The molecule has 15 heavy (non-hydrogen) atoms. The van der Waals surface area contributed by atoms with E-state index in [1.165, 1.54) is 0 Å². The standard InChI is InChI=1S/C9H17N5O/c1-4-5-14(6(2)3)8(15)7-11-9(10)13-12-7/h6H,4-5H2,1-3H3,(H3,10,11,12,13). The Hall–Kier alpha value is -1.59. The first-order chi connectivity index (χ1) is 7.06. The maximum atomic E-state index is 11.9. The number of amides is 1. The number of carbonyl (C=O) groups excluding carboxylic acids is 1. The summed E-state index contributed by atoms with van der Waals surface area (Å²) >= 11 is 0. The van der Waals surface area contributed by atoms with Crippen molar-refractivity contribution in [3.63, 3.8) is 0 Å². The lowest BCUT2D eigenvalue weighted by Crippen LogP contribution is -2.38. The summed E-state index contributed by atoms with van der Waals surface area (Å²) in [6.45, 7) is 6.66. The van der Waals surface area contributed by atoms with Crippen LogP contribution >= 0.6 is 0 Å². The lowest BCUT2D eigenvalue weighted by atomic mass is 10.3. The van der Waals surface area contributed by atoms with Gasteiger partial charge in [0, 0.05) is 12.6 Å². The highest BCUT2D eigenvalue weighted by atomic mass is 16.2. The van der Waals surface area contributed by atoms with Crippen molar-refractivity contribution in [1.82, 2.24) is 20.1 Å². The largest absolute Gasteiger partial charge is 0.366 e. The Labute approximate surface area is 88.9 Å². The third-order valence-corrected chi connectivity index (χ3v) is 2.05. The average Bonchev–Trinajstić information content (AvgIpc) is 2.59. The Bertz CT molecular complexity index is 333. The molecule has 0 bridgehead atoms. The third-order valence-electron chi connectivity index (χ3n) is 2.05. The molecule has 6 heteroatoms. The van der Waals surface area contributed by atoms with Gasteiger partial charge in [0.2, 0.25) is 11.8 Å². The molecule has 1 heterocycles. The normalized spacial score (nSPS) is 10.7. The molecular weight excluding hydrogens is 194 g/mol. The van der Waals surface area contributed by atoms with Gasteiger partial charge in [-0.3, -0.25) is 9.89 Å². The molecule has 1 amide bonds. The van der Waals surface area contributed by atoms with Gasteiger partial charge in [-0.25, -0.2) is 0 Å². The van der Waals surface area contributed by atoms with Crippen LogP contribution in [0.5, 0.6) is 0 Å². The minimum atomic E-state index is -0.156. The first-order valence-corrected chi connectivity index (χ1v) is 5.05. The van der Waals surface area contributed by atoms with Gasteiger partial charge in [-0.1, -0.05) is 6.92 Å². The Balaban J connectivity index is 2.80. The number of nitrogens with two attached hydrogens (primary N) is 1. The van der Waals surface area contributed by atoms with Crippen LogP contribution in [0.2, 0.25) is 0 Å². The van der Waals surface area contributed by atoms with Crippen LogP contribution in [-0.4, -0.2) is 38.6 Å². The van der Waals surface area contributed by atoms with E-state index in [9.17, 15) is 4.79 Å². The monoisotopic (exact) mass is 211 g/mol. The number of hydrogen-bond donors (Lipinski definition) is 2. The SMILES string of the molecule is CCCN(C(=O)c1nc(N)n[nH]1)C(C)C. The highest BCUT2D eigenvalue weighted by molar-refractivity contribution is 5.90. The summed E-state index contributed by atoms with van der Waals surface area (Å²) in [6.07, 6.45) is 0.910. The maximum Gasteiger partial charge on any atom is 0.291 e. The number of hydrogen-bond acceptors (Lipinski definition) is 4. The van der Waals surface area contributed by atoms with Crippen LogP contribution < -0.4 is 5.73 Å². The fourth-order valence-corrected chi connectivity index (χ4v) is 1.34. The summed E-state index contributed by atoms with van der Waals surface area (Å²) in [5.74, 6) is 0.143. The van der Waals surface area contributed by atoms with Crippen LogP contribution in [0.25, 0.3) is 0 Å². The molecule has 0 aromatic carbocycles. The zero-order valence-corrected chi connectivity index (χ0v) is 9.32. The van der Waals surface area contributed by atoms with Crippen LogP contribution in [0.1, 0.15) is 37.8 Å². The number of nitrogens with one attached hydrogen (secondary N) is 1. The highest BCUT2D eigenvalue weighted by Crippen LogP contribution is 2.06. The van der Waals surface area contributed by atoms with E-state index < -0.39 is 0 Å². The molecular formula is C9H17N5O. The molecule has 6 nitrogen and oxygen atoms in total. The van der Waals surface area contributed by atoms with Gasteiger partial charge in [-0.05, 0) is 20.3 Å². The topological polar surface area (TPSA) is 87.9 Å². The van der Waals surface area contributed by atoms with E-state index in [0.29, 0.717) is 6.54 Å². The summed E-state index contributed by atoms with van der Waals surface area (Å²) < 4.78 is 0.